The van der Waals surface area contributed by atoms with Gasteiger partial charge in [0, 0.05) is 28.7 Å². The number of fused-ring (bicyclic) bond motifs is 3. The summed E-state index contributed by atoms with van der Waals surface area (Å²) in [5.74, 6) is -0.423. The van der Waals surface area contributed by atoms with Gasteiger partial charge in [-0.05, 0) is 47.2 Å². The quantitative estimate of drug-likeness (QED) is 0.253. The van der Waals surface area contributed by atoms with Crippen LogP contribution in [-0.4, -0.2) is 48.1 Å². The molecule has 45 heavy (non-hydrogen) atoms. The van der Waals surface area contributed by atoms with Gasteiger partial charge in [-0.1, -0.05) is 36.4 Å². The Balaban J connectivity index is 1.06. The molecule has 4 heterocycles. The van der Waals surface area contributed by atoms with Gasteiger partial charge in [0.2, 0.25) is 0 Å². The highest BCUT2D eigenvalue weighted by Gasteiger charge is 2.19. The molecule has 15 heteroatoms. The van der Waals surface area contributed by atoms with Gasteiger partial charge in [0.1, 0.15) is 23.6 Å². The number of pyridine rings is 1. The van der Waals surface area contributed by atoms with Crippen molar-refractivity contribution in [1.82, 2.24) is 33.2 Å². The molecule has 0 aliphatic heterocycles. The minimum absolute atomic E-state index is 0.117. The molecule has 224 valence electrons. The molecular weight excluding hydrogens is 619 g/mol. The number of carbonyl (C=O) groups excluding carboxylic acids is 1. The highest BCUT2D eigenvalue weighted by Crippen LogP contribution is 2.26. The van der Waals surface area contributed by atoms with Crippen LogP contribution >= 0.6 is 11.5 Å². The van der Waals surface area contributed by atoms with Crippen molar-refractivity contribution in [2.24, 2.45) is 0 Å². The zero-order chi connectivity index (χ0) is 31.1. The van der Waals surface area contributed by atoms with Gasteiger partial charge in [0.15, 0.2) is 12.6 Å². The lowest BCUT2D eigenvalue weighted by molar-refractivity contribution is 0.0955. The molecule has 2 N–H and O–H groups in total. The van der Waals surface area contributed by atoms with Gasteiger partial charge < -0.3 is 10.1 Å². The van der Waals surface area contributed by atoms with Gasteiger partial charge in [-0.15, -0.1) is 0 Å². The monoisotopic (exact) mass is 639 g/mol. The van der Waals surface area contributed by atoms with E-state index in [-0.39, 0.29) is 28.2 Å². The Morgan fingerprint density at radius 1 is 0.956 bits per heavy atom. The van der Waals surface area contributed by atoms with Crippen LogP contribution in [0.4, 0.5) is 0 Å². The van der Waals surface area contributed by atoms with Gasteiger partial charge in [-0.3, -0.25) is 23.9 Å². The number of ether oxygens (including phenoxy) is 1. The van der Waals surface area contributed by atoms with Crippen LogP contribution in [-0.2, 0) is 16.8 Å². The molecule has 0 radical (unpaired) electrons. The number of benzene rings is 3. The molecule has 0 aliphatic carbocycles. The molecular formula is C30H21N7O6S2. The second-order valence-electron chi connectivity index (χ2n) is 9.98. The van der Waals surface area contributed by atoms with Crippen molar-refractivity contribution in [2.75, 3.05) is 5.88 Å². The van der Waals surface area contributed by atoms with Crippen molar-refractivity contribution in [3.05, 3.63) is 117 Å². The Hall–Kier alpha value is -5.67. The number of nitrogens with one attached hydrogen (secondary N) is 2. The lowest BCUT2D eigenvalue weighted by Crippen LogP contribution is -2.33. The number of carbonyl (C=O) groups is 1. The smallest absolute Gasteiger partial charge is 0.323 e. The van der Waals surface area contributed by atoms with Gasteiger partial charge >= 0.3 is 4.87 Å². The molecule has 0 bridgehead atoms. The molecule has 4 aromatic heterocycles. The molecule has 0 saturated heterocycles. The summed E-state index contributed by atoms with van der Waals surface area (Å²) in [4.78, 5) is 48.4. The van der Waals surface area contributed by atoms with E-state index in [1.165, 1.54) is 29.4 Å². The average Bonchev–Trinajstić information content (AvgIpc) is 3.70. The predicted molar refractivity (Wildman–Crippen MR) is 169 cm³/mol. The van der Waals surface area contributed by atoms with Crippen molar-refractivity contribution in [3.63, 3.8) is 0 Å². The first-order valence-electron chi connectivity index (χ1n) is 13.4. The maximum atomic E-state index is 13.3. The molecule has 7 rings (SSSR count). The Labute approximate surface area is 257 Å². The topological polar surface area (TPSA) is 171 Å². The second kappa shape index (κ2) is 11.1. The summed E-state index contributed by atoms with van der Waals surface area (Å²) in [5.41, 5.74) is 0.936. The normalized spacial score (nSPS) is 11.7. The van der Waals surface area contributed by atoms with Crippen LogP contribution in [0.5, 0.6) is 5.75 Å². The van der Waals surface area contributed by atoms with E-state index in [0.717, 1.165) is 37.2 Å². The molecule has 0 spiro atoms. The summed E-state index contributed by atoms with van der Waals surface area (Å²) >= 11 is 0.858. The molecule has 0 atom stereocenters. The van der Waals surface area contributed by atoms with Gasteiger partial charge in [0.05, 0.1) is 22.6 Å². The average molecular weight is 640 g/mol. The van der Waals surface area contributed by atoms with Crippen molar-refractivity contribution >= 4 is 60.0 Å². The summed E-state index contributed by atoms with van der Waals surface area (Å²) in [6.07, 6.45) is 4.03. The minimum atomic E-state index is -3.92. The van der Waals surface area contributed by atoms with Crippen LogP contribution in [0.25, 0.3) is 44.0 Å². The first kappa shape index (κ1) is 28.1. The lowest BCUT2D eigenvalue weighted by Gasteiger charge is -2.11. The Morgan fingerprint density at radius 2 is 1.78 bits per heavy atom. The molecule has 13 nitrogen and oxygen atoms in total. The predicted octanol–water partition coefficient (Wildman–Crippen LogP) is 3.31. The van der Waals surface area contributed by atoms with Gasteiger partial charge in [-0.25, -0.2) is 22.4 Å². The van der Waals surface area contributed by atoms with Gasteiger partial charge in [0.25, 0.3) is 21.5 Å². The third-order valence-electron chi connectivity index (χ3n) is 7.12. The summed E-state index contributed by atoms with van der Waals surface area (Å²) in [6.45, 7) is -0.154. The van der Waals surface area contributed by atoms with E-state index in [1.54, 1.807) is 36.4 Å². The molecule has 0 saturated carbocycles. The van der Waals surface area contributed by atoms with Crippen LogP contribution in [0.2, 0.25) is 0 Å². The van der Waals surface area contributed by atoms with E-state index in [1.807, 2.05) is 30.3 Å². The molecule has 7 aromatic rings. The maximum absolute atomic E-state index is 13.3. The number of amides is 1. The summed E-state index contributed by atoms with van der Waals surface area (Å²) in [5, 5.41) is 5.04. The number of aromatic nitrogens is 6. The van der Waals surface area contributed by atoms with Crippen molar-refractivity contribution in [1.29, 1.82) is 0 Å². The highest BCUT2D eigenvalue weighted by atomic mass is 32.2. The number of rotatable bonds is 8. The van der Waals surface area contributed by atoms with E-state index in [4.69, 9.17) is 4.74 Å². The zero-order valence-corrected chi connectivity index (χ0v) is 24.7. The maximum Gasteiger partial charge on any atom is 0.323 e. The van der Waals surface area contributed by atoms with Crippen molar-refractivity contribution < 1.29 is 17.9 Å². The van der Waals surface area contributed by atoms with E-state index < -0.39 is 27.4 Å². The first-order valence-corrected chi connectivity index (χ1v) is 15.8. The number of para-hydroxylation sites is 1. The van der Waals surface area contributed by atoms with Crippen LogP contribution in [0, 0.1) is 0 Å². The van der Waals surface area contributed by atoms with E-state index in [0.29, 0.717) is 17.1 Å². The summed E-state index contributed by atoms with van der Waals surface area (Å²) in [7, 11) is -3.92. The molecule has 0 unspecified atom stereocenters. The Kier molecular flexibility index (Phi) is 6.94. The fourth-order valence-electron chi connectivity index (χ4n) is 4.85. The van der Waals surface area contributed by atoms with E-state index in [9.17, 15) is 22.8 Å². The van der Waals surface area contributed by atoms with Crippen molar-refractivity contribution in [3.8, 4) is 17.1 Å². The number of hydrogen-bond acceptors (Lipinski definition) is 10. The zero-order valence-electron chi connectivity index (χ0n) is 23.1. The Morgan fingerprint density at radius 3 is 2.62 bits per heavy atom. The molecule has 0 fully saturated rings. The summed E-state index contributed by atoms with van der Waals surface area (Å²) in [6, 6.07) is 21.0. The van der Waals surface area contributed by atoms with Gasteiger partial charge in [-0.2, -0.15) is 4.37 Å². The first-order chi connectivity index (χ1) is 21.7. The minimum Gasteiger partial charge on any atom is -0.473 e. The van der Waals surface area contributed by atoms with Crippen LogP contribution in [0.3, 0.4) is 0 Å². The number of aromatic amines is 1. The second-order valence-corrected chi connectivity index (χ2v) is 12.6. The van der Waals surface area contributed by atoms with Crippen LogP contribution in [0.15, 0.2) is 101 Å². The van der Waals surface area contributed by atoms with E-state index in [2.05, 4.69) is 24.6 Å². The number of hydrogen-bond donors (Lipinski definition) is 2. The number of nitrogens with zero attached hydrogens (tertiary/aromatic N) is 5. The highest BCUT2D eigenvalue weighted by molar-refractivity contribution is 7.90. The third-order valence-corrected chi connectivity index (χ3v) is 9.09. The van der Waals surface area contributed by atoms with Crippen molar-refractivity contribution in [2.45, 2.75) is 6.73 Å². The summed E-state index contributed by atoms with van der Waals surface area (Å²) < 4.78 is 38.2. The molecule has 3 aromatic carbocycles. The van der Waals surface area contributed by atoms with E-state index >= 15 is 0 Å². The Bertz CT molecular complexity index is 2500. The van der Waals surface area contributed by atoms with Crippen LogP contribution in [0.1, 0.15) is 10.5 Å². The molecule has 0 aliphatic rings. The molecule has 1 amide bonds. The third kappa shape index (κ3) is 5.45. The number of H-pyrrole nitrogens is 1. The fraction of sp³-hybridized carbons (Fsp3) is 0.0667. The standard InChI is InChI=1S/C30H21N7O6S2/c38-28(33-16-45(41,42)37-10-9-18-3-1-2-4-26(18)37)24-13-23-25(14-31-24)32-15-36(29(23)39)17-43-22-8-7-19-11-21(6-5-20(19)12-22)27-34-30(40)44-35-27/h1-15H,16-17H2,(H,33,38)(H,34,35,40). The fourth-order valence-corrected chi connectivity index (χ4v) is 6.49. The SMILES string of the molecule is O=C(NCS(=O)(=O)n1ccc2ccccc21)c1cc2c(=O)n(COc3ccc4cc(-c5nsc(=O)[nH]5)ccc4c3)cnc2cn1. The lowest BCUT2D eigenvalue weighted by atomic mass is 10.1. The van der Waals surface area contributed by atoms with Crippen LogP contribution < -0.4 is 20.5 Å². The largest absolute Gasteiger partial charge is 0.473 e.